The Balaban J connectivity index is 1.31. The first-order valence-corrected chi connectivity index (χ1v) is 11.7. The van der Waals surface area contributed by atoms with Crippen molar-refractivity contribution in [3.05, 3.63) is 30.0 Å². The molecule has 2 saturated heterocycles. The van der Waals surface area contributed by atoms with Crippen molar-refractivity contribution in [3.63, 3.8) is 0 Å². The Kier molecular flexibility index (Phi) is 5.89. The number of fused-ring (bicyclic) bond motifs is 1. The molecule has 3 aromatic rings. The van der Waals surface area contributed by atoms with E-state index in [0.29, 0.717) is 12.0 Å². The third kappa shape index (κ3) is 4.73. The molecule has 5 heterocycles. The van der Waals surface area contributed by atoms with Crippen molar-refractivity contribution in [2.45, 2.75) is 38.4 Å². The van der Waals surface area contributed by atoms with Gasteiger partial charge in [-0.05, 0) is 44.4 Å². The second kappa shape index (κ2) is 8.94. The third-order valence-electron chi connectivity index (χ3n) is 5.81. The largest absolute Gasteiger partial charge is 0.473 e. The van der Waals surface area contributed by atoms with Gasteiger partial charge in [0.1, 0.15) is 17.7 Å². The normalized spacial score (nSPS) is 19.8. The first kappa shape index (κ1) is 20.4. The van der Waals surface area contributed by atoms with E-state index in [1.807, 2.05) is 31.3 Å². The highest BCUT2D eigenvalue weighted by Crippen LogP contribution is 2.32. The number of anilines is 3. The van der Waals surface area contributed by atoms with Gasteiger partial charge in [0.15, 0.2) is 5.13 Å². The molecule has 164 valence electrons. The number of rotatable bonds is 6. The van der Waals surface area contributed by atoms with Gasteiger partial charge < -0.3 is 25.0 Å². The minimum atomic E-state index is 0.180. The topological polar surface area (TPSA) is 84.4 Å². The molecule has 0 spiro atoms. The summed E-state index contributed by atoms with van der Waals surface area (Å²) in [5.41, 5.74) is 2.04. The maximum absolute atomic E-state index is 6.03. The Morgan fingerprint density at radius 1 is 1.10 bits per heavy atom. The van der Waals surface area contributed by atoms with Crippen LogP contribution in [0.3, 0.4) is 0 Å². The van der Waals surface area contributed by atoms with Crippen LogP contribution in [0.15, 0.2) is 24.4 Å². The second-order valence-corrected chi connectivity index (χ2v) is 9.19. The number of thiazole rings is 1. The van der Waals surface area contributed by atoms with Crippen LogP contribution in [0.4, 0.5) is 16.8 Å². The summed E-state index contributed by atoms with van der Waals surface area (Å²) in [6, 6.07) is 5.96. The van der Waals surface area contributed by atoms with E-state index in [-0.39, 0.29) is 6.10 Å². The standard InChI is InChI=1S/C22H28N6O2S/c1-14-9-20(27-21(10-14)30-16-3-6-23-12-16)26-19-11-17-18(13-24-19)31-22(25-17)28-7-4-15(29-2)5-8-28/h9-11,13,15-16,23H,3-8,12H2,1-2H3,(H,24,26,27)/t16-/m0/s1. The quantitative estimate of drug-likeness (QED) is 0.603. The molecule has 0 aromatic carbocycles. The summed E-state index contributed by atoms with van der Waals surface area (Å²) in [4.78, 5) is 16.4. The van der Waals surface area contributed by atoms with Crippen molar-refractivity contribution < 1.29 is 9.47 Å². The van der Waals surface area contributed by atoms with Crippen LogP contribution >= 0.6 is 11.3 Å². The predicted molar refractivity (Wildman–Crippen MR) is 124 cm³/mol. The van der Waals surface area contributed by atoms with Crippen LogP contribution in [-0.4, -0.2) is 60.4 Å². The summed E-state index contributed by atoms with van der Waals surface area (Å²) in [6.07, 6.45) is 5.52. The van der Waals surface area contributed by atoms with E-state index in [0.717, 1.165) is 78.0 Å². The van der Waals surface area contributed by atoms with Gasteiger partial charge in [0.05, 0.1) is 16.3 Å². The number of piperidine rings is 1. The summed E-state index contributed by atoms with van der Waals surface area (Å²) in [6.45, 7) is 5.85. The Morgan fingerprint density at radius 2 is 1.97 bits per heavy atom. The number of pyridine rings is 2. The minimum Gasteiger partial charge on any atom is -0.473 e. The zero-order valence-corrected chi connectivity index (χ0v) is 18.7. The Morgan fingerprint density at radius 3 is 2.74 bits per heavy atom. The minimum absolute atomic E-state index is 0.180. The third-order valence-corrected chi connectivity index (χ3v) is 6.88. The monoisotopic (exact) mass is 440 g/mol. The highest BCUT2D eigenvalue weighted by molar-refractivity contribution is 7.22. The van der Waals surface area contributed by atoms with E-state index in [1.165, 1.54) is 0 Å². The SMILES string of the molecule is COC1CCN(c2nc3cc(Nc4cc(C)cc(O[C@H]5CCNC5)n4)ncc3s2)CC1. The number of methoxy groups -OCH3 is 1. The summed E-state index contributed by atoms with van der Waals surface area (Å²) in [5, 5.41) is 7.69. The number of aryl methyl sites for hydroxylation is 1. The first-order chi connectivity index (χ1) is 15.2. The maximum atomic E-state index is 6.03. The molecule has 8 nitrogen and oxygen atoms in total. The highest BCUT2D eigenvalue weighted by Gasteiger charge is 2.21. The average Bonchev–Trinajstić information content (AvgIpc) is 3.43. The molecule has 0 amide bonds. The van der Waals surface area contributed by atoms with Crippen molar-refractivity contribution in [2.75, 3.05) is 43.5 Å². The fraction of sp³-hybridized carbons (Fsp3) is 0.500. The summed E-state index contributed by atoms with van der Waals surface area (Å²) < 4.78 is 12.6. The molecule has 0 saturated carbocycles. The molecule has 0 aliphatic carbocycles. The van der Waals surface area contributed by atoms with Gasteiger partial charge in [-0.25, -0.2) is 9.97 Å². The lowest BCUT2D eigenvalue weighted by Crippen LogP contribution is -2.36. The van der Waals surface area contributed by atoms with Gasteiger partial charge in [-0.3, -0.25) is 0 Å². The molecule has 2 N–H and O–H groups in total. The molecular formula is C22H28N6O2S. The van der Waals surface area contributed by atoms with Crippen molar-refractivity contribution in [2.24, 2.45) is 0 Å². The molecule has 2 aliphatic heterocycles. The van der Waals surface area contributed by atoms with Crippen LogP contribution in [0, 0.1) is 6.92 Å². The van der Waals surface area contributed by atoms with Gasteiger partial charge in [-0.15, -0.1) is 0 Å². The molecule has 0 radical (unpaired) electrons. The van der Waals surface area contributed by atoms with Gasteiger partial charge in [0.2, 0.25) is 5.88 Å². The van der Waals surface area contributed by atoms with Crippen molar-refractivity contribution >= 4 is 38.3 Å². The van der Waals surface area contributed by atoms with Gasteiger partial charge in [0.25, 0.3) is 0 Å². The first-order valence-electron chi connectivity index (χ1n) is 10.8. The lowest BCUT2D eigenvalue weighted by Gasteiger charge is -2.30. The molecule has 1 atom stereocenters. The maximum Gasteiger partial charge on any atom is 0.215 e. The summed E-state index contributed by atoms with van der Waals surface area (Å²) in [5.74, 6) is 2.10. The van der Waals surface area contributed by atoms with Crippen LogP contribution in [0.2, 0.25) is 0 Å². The van der Waals surface area contributed by atoms with E-state index < -0.39 is 0 Å². The number of hydrogen-bond donors (Lipinski definition) is 2. The van der Waals surface area contributed by atoms with Crippen molar-refractivity contribution in [1.29, 1.82) is 0 Å². The predicted octanol–water partition coefficient (Wildman–Crippen LogP) is 3.49. The molecule has 0 unspecified atom stereocenters. The van der Waals surface area contributed by atoms with Crippen molar-refractivity contribution in [1.82, 2.24) is 20.3 Å². The van der Waals surface area contributed by atoms with E-state index in [4.69, 9.17) is 14.5 Å². The Labute approximate surface area is 186 Å². The van der Waals surface area contributed by atoms with E-state index in [2.05, 4.69) is 25.5 Å². The van der Waals surface area contributed by atoms with Crippen LogP contribution in [0.25, 0.3) is 10.2 Å². The molecule has 2 aliphatic rings. The number of nitrogens with one attached hydrogen (secondary N) is 2. The number of hydrogen-bond acceptors (Lipinski definition) is 9. The van der Waals surface area contributed by atoms with Gasteiger partial charge in [-0.2, -0.15) is 4.98 Å². The fourth-order valence-corrected chi connectivity index (χ4v) is 5.07. The van der Waals surface area contributed by atoms with Gasteiger partial charge in [0, 0.05) is 45.1 Å². The van der Waals surface area contributed by atoms with E-state index in [9.17, 15) is 0 Å². The zero-order valence-electron chi connectivity index (χ0n) is 17.9. The van der Waals surface area contributed by atoms with Gasteiger partial charge >= 0.3 is 0 Å². The molecule has 31 heavy (non-hydrogen) atoms. The average molecular weight is 441 g/mol. The summed E-state index contributed by atoms with van der Waals surface area (Å²) >= 11 is 1.69. The van der Waals surface area contributed by atoms with Crippen LogP contribution in [-0.2, 0) is 4.74 Å². The van der Waals surface area contributed by atoms with Crippen LogP contribution in [0.5, 0.6) is 5.88 Å². The Hall–Kier alpha value is -2.49. The highest BCUT2D eigenvalue weighted by atomic mass is 32.1. The molecular weight excluding hydrogens is 412 g/mol. The lowest BCUT2D eigenvalue weighted by atomic mass is 10.1. The molecule has 0 bridgehead atoms. The second-order valence-electron chi connectivity index (χ2n) is 8.18. The number of aromatic nitrogens is 3. The molecule has 5 rings (SSSR count). The zero-order chi connectivity index (χ0) is 21.2. The fourth-order valence-electron chi connectivity index (χ4n) is 4.10. The van der Waals surface area contributed by atoms with Crippen molar-refractivity contribution in [3.8, 4) is 5.88 Å². The van der Waals surface area contributed by atoms with Crippen LogP contribution in [0.1, 0.15) is 24.8 Å². The van der Waals surface area contributed by atoms with Gasteiger partial charge in [-0.1, -0.05) is 11.3 Å². The Bertz CT molecular complexity index is 1040. The van der Waals surface area contributed by atoms with Crippen LogP contribution < -0.4 is 20.3 Å². The molecule has 2 fully saturated rings. The summed E-state index contributed by atoms with van der Waals surface area (Å²) in [7, 11) is 1.79. The molecule has 9 heteroatoms. The smallest absolute Gasteiger partial charge is 0.215 e. The molecule has 3 aromatic heterocycles. The van der Waals surface area contributed by atoms with E-state index in [1.54, 1.807) is 18.4 Å². The van der Waals surface area contributed by atoms with E-state index >= 15 is 0 Å². The lowest BCUT2D eigenvalue weighted by molar-refractivity contribution is 0.0819. The number of ether oxygens (including phenoxy) is 2. The number of nitrogens with zero attached hydrogens (tertiary/aromatic N) is 4.